The lowest BCUT2D eigenvalue weighted by Gasteiger charge is -2.27. The van der Waals surface area contributed by atoms with E-state index in [1.165, 1.54) is 37.0 Å². The van der Waals surface area contributed by atoms with Gasteiger partial charge in [-0.1, -0.05) is 42.5 Å². The van der Waals surface area contributed by atoms with E-state index in [1.807, 2.05) is 48.5 Å². The summed E-state index contributed by atoms with van der Waals surface area (Å²) >= 11 is 1.45. The van der Waals surface area contributed by atoms with Crippen LogP contribution in [-0.4, -0.2) is 26.2 Å². The summed E-state index contributed by atoms with van der Waals surface area (Å²) in [6, 6.07) is 16.2. The standard InChI is InChI=1S/C23H24N6OS/c1-15-10-12-17(13-11-15)25-19-8-5-9-20(26-19)27-23-24-14-18(31-23)22-29-28-21(30-22)16-6-3-2-4-7-16/h2-9,14-15,17H,10-13H2,1H3,(H2,24,25,26,27). The fraction of sp³-hybridized carbons (Fsp3) is 0.304. The number of nitrogens with zero attached hydrogens (tertiary/aromatic N) is 4. The van der Waals surface area contributed by atoms with Crippen LogP contribution in [0.3, 0.4) is 0 Å². The Hall–Kier alpha value is -3.26. The van der Waals surface area contributed by atoms with Crippen LogP contribution in [-0.2, 0) is 0 Å². The lowest BCUT2D eigenvalue weighted by Crippen LogP contribution is -2.25. The number of hydrogen-bond donors (Lipinski definition) is 2. The minimum absolute atomic E-state index is 0.458. The van der Waals surface area contributed by atoms with Gasteiger partial charge in [0.1, 0.15) is 16.5 Å². The summed E-state index contributed by atoms with van der Waals surface area (Å²) in [7, 11) is 0. The van der Waals surface area contributed by atoms with Gasteiger partial charge in [0.05, 0.1) is 6.20 Å². The molecule has 5 rings (SSSR count). The van der Waals surface area contributed by atoms with Gasteiger partial charge in [-0.05, 0) is 55.9 Å². The van der Waals surface area contributed by atoms with E-state index in [9.17, 15) is 0 Å². The Labute approximate surface area is 185 Å². The van der Waals surface area contributed by atoms with Gasteiger partial charge >= 0.3 is 0 Å². The van der Waals surface area contributed by atoms with Crippen molar-refractivity contribution in [2.75, 3.05) is 10.6 Å². The molecule has 1 fully saturated rings. The van der Waals surface area contributed by atoms with E-state index in [0.29, 0.717) is 17.8 Å². The van der Waals surface area contributed by atoms with E-state index in [-0.39, 0.29) is 0 Å². The van der Waals surface area contributed by atoms with Gasteiger partial charge in [-0.25, -0.2) is 9.97 Å². The van der Waals surface area contributed by atoms with Crippen molar-refractivity contribution in [2.45, 2.75) is 38.6 Å². The molecular formula is C23H24N6OS. The molecule has 1 saturated carbocycles. The van der Waals surface area contributed by atoms with E-state index < -0.39 is 0 Å². The van der Waals surface area contributed by atoms with Crippen molar-refractivity contribution in [2.24, 2.45) is 5.92 Å². The fourth-order valence-corrected chi connectivity index (χ4v) is 4.50. The molecule has 0 atom stereocenters. The number of rotatable bonds is 6. The van der Waals surface area contributed by atoms with Gasteiger partial charge in [0, 0.05) is 11.6 Å². The Morgan fingerprint density at radius 2 is 1.68 bits per heavy atom. The van der Waals surface area contributed by atoms with Crippen LogP contribution in [0.2, 0.25) is 0 Å². The summed E-state index contributed by atoms with van der Waals surface area (Å²) < 4.78 is 5.83. The van der Waals surface area contributed by atoms with Crippen molar-refractivity contribution in [3.05, 3.63) is 54.7 Å². The van der Waals surface area contributed by atoms with Crippen LogP contribution in [0.4, 0.5) is 16.8 Å². The van der Waals surface area contributed by atoms with Gasteiger partial charge < -0.3 is 15.1 Å². The summed E-state index contributed by atoms with van der Waals surface area (Å²) in [4.78, 5) is 9.95. The molecule has 3 heterocycles. The van der Waals surface area contributed by atoms with E-state index in [1.54, 1.807) is 6.20 Å². The first-order chi connectivity index (χ1) is 15.2. The third-order valence-electron chi connectivity index (χ3n) is 5.51. The lowest BCUT2D eigenvalue weighted by molar-refractivity contribution is 0.361. The van der Waals surface area contributed by atoms with Crippen LogP contribution in [0.1, 0.15) is 32.6 Å². The largest absolute Gasteiger partial charge is 0.415 e. The maximum atomic E-state index is 5.83. The first-order valence-electron chi connectivity index (χ1n) is 10.6. The molecule has 0 spiro atoms. The molecule has 0 saturated heterocycles. The lowest BCUT2D eigenvalue weighted by atomic mass is 9.87. The number of benzene rings is 1. The molecule has 4 aromatic rings. The average Bonchev–Trinajstić information content (AvgIpc) is 3.46. The third kappa shape index (κ3) is 4.74. The van der Waals surface area contributed by atoms with Crippen molar-refractivity contribution in [3.8, 4) is 22.2 Å². The molecule has 0 radical (unpaired) electrons. The van der Waals surface area contributed by atoms with Gasteiger partial charge in [0.15, 0.2) is 5.13 Å². The molecule has 7 nitrogen and oxygen atoms in total. The third-order valence-corrected chi connectivity index (χ3v) is 6.41. The summed E-state index contributed by atoms with van der Waals surface area (Å²) in [6.07, 6.45) is 6.69. The second-order valence-electron chi connectivity index (χ2n) is 7.94. The number of hydrogen-bond acceptors (Lipinski definition) is 8. The number of nitrogens with one attached hydrogen (secondary N) is 2. The molecule has 8 heteroatoms. The van der Waals surface area contributed by atoms with Gasteiger partial charge in [0.25, 0.3) is 5.89 Å². The second kappa shape index (κ2) is 8.85. The van der Waals surface area contributed by atoms with E-state index >= 15 is 0 Å². The maximum absolute atomic E-state index is 5.83. The maximum Gasteiger partial charge on any atom is 0.259 e. The second-order valence-corrected chi connectivity index (χ2v) is 8.97. The van der Waals surface area contributed by atoms with Crippen molar-refractivity contribution in [1.82, 2.24) is 20.2 Å². The van der Waals surface area contributed by atoms with E-state index in [2.05, 4.69) is 32.7 Å². The van der Waals surface area contributed by atoms with Crippen LogP contribution < -0.4 is 10.6 Å². The van der Waals surface area contributed by atoms with Crippen LogP contribution >= 0.6 is 11.3 Å². The number of pyridine rings is 1. The first-order valence-corrected chi connectivity index (χ1v) is 11.4. The molecule has 1 aliphatic carbocycles. The summed E-state index contributed by atoms with van der Waals surface area (Å²) in [5, 5.41) is 15.9. The van der Waals surface area contributed by atoms with Crippen LogP contribution in [0.25, 0.3) is 22.2 Å². The highest BCUT2D eigenvalue weighted by atomic mass is 32.1. The monoisotopic (exact) mass is 432 g/mol. The quantitative estimate of drug-likeness (QED) is 0.387. The molecule has 2 N–H and O–H groups in total. The zero-order valence-electron chi connectivity index (χ0n) is 17.3. The van der Waals surface area contributed by atoms with Crippen LogP contribution in [0.15, 0.2) is 59.1 Å². The highest BCUT2D eigenvalue weighted by Crippen LogP contribution is 2.31. The van der Waals surface area contributed by atoms with Crippen molar-refractivity contribution in [3.63, 3.8) is 0 Å². The Kier molecular flexibility index (Phi) is 5.62. The zero-order chi connectivity index (χ0) is 21.0. The predicted octanol–water partition coefficient (Wildman–Crippen LogP) is 5.99. The molecule has 3 aromatic heterocycles. The topological polar surface area (TPSA) is 88.8 Å². The van der Waals surface area contributed by atoms with E-state index in [4.69, 9.17) is 9.40 Å². The normalized spacial score (nSPS) is 18.6. The fourth-order valence-electron chi connectivity index (χ4n) is 3.76. The minimum atomic E-state index is 0.458. The van der Waals surface area contributed by atoms with Gasteiger partial charge in [0.2, 0.25) is 5.89 Å². The highest BCUT2D eigenvalue weighted by Gasteiger charge is 2.18. The highest BCUT2D eigenvalue weighted by molar-refractivity contribution is 7.18. The first kappa shape index (κ1) is 19.7. The van der Waals surface area contributed by atoms with Gasteiger partial charge in [-0.15, -0.1) is 10.2 Å². The SMILES string of the molecule is CC1CCC(Nc2cccc(Nc3ncc(-c4nnc(-c5ccccc5)o4)s3)n2)CC1. The Morgan fingerprint density at radius 3 is 2.52 bits per heavy atom. The molecular weight excluding hydrogens is 408 g/mol. The minimum Gasteiger partial charge on any atom is -0.415 e. The van der Waals surface area contributed by atoms with Gasteiger partial charge in [-0.2, -0.15) is 0 Å². The van der Waals surface area contributed by atoms with Crippen LogP contribution in [0, 0.1) is 5.92 Å². The average molecular weight is 433 g/mol. The Bertz CT molecular complexity index is 1130. The number of thiazole rings is 1. The number of anilines is 3. The Morgan fingerprint density at radius 1 is 0.903 bits per heavy atom. The zero-order valence-corrected chi connectivity index (χ0v) is 18.1. The number of aromatic nitrogens is 4. The Balaban J connectivity index is 1.25. The van der Waals surface area contributed by atoms with Crippen molar-refractivity contribution < 1.29 is 4.42 Å². The molecule has 0 aliphatic heterocycles. The van der Waals surface area contributed by atoms with Crippen molar-refractivity contribution >= 4 is 28.1 Å². The molecule has 158 valence electrons. The van der Waals surface area contributed by atoms with Gasteiger partial charge in [-0.3, -0.25) is 0 Å². The predicted molar refractivity (Wildman–Crippen MR) is 123 cm³/mol. The summed E-state index contributed by atoms with van der Waals surface area (Å²) in [5.41, 5.74) is 0.894. The van der Waals surface area contributed by atoms with E-state index in [0.717, 1.165) is 33.1 Å². The molecule has 1 aromatic carbocycles. The smallest absolute Gasteiger partial charge is 0.259 e. The summed E-state index contributed by atoms with van der Waals surface area (Å²) in [6.45, 7) is 2.33. The molecule has 1 aliphatic rings. The van der Waals surface area contributed by atoms with Crippen molar-refractivity contribution in [1.29, 1.82) is 0 Å². The molecule has 31 heavy (non-hydrogen) atoms. The summed E-state index contributed by atoms with van der Waals surface area (Å²) in [5.74, 6) is 3.44. The molecule has 0 unspecified atom stereocenters. The van der Waals surface area contributed by atoms with Crippen LogP contribution in [0.5, 0.6) is 0 Å². The molecule has 0 amide bonds. The molecule has 0 bridgehead atoms.